The third kappa shape index (κ3) is 4.11. The highest BCUT2D eigenvalue weighted by molar-refractivity contribution is 5.81. The second-order valence-electron chi connectivity index (χ2n) is 4.90. The molecule has 1 rings (SSSR count). The molecule has 0 aromatic carbocycles. The predicted octanol–water partition coefficient (Wildman–Crippen LogP) is 1.34. The summed E-state index contributed by atoms with van der Waals surface area (Å²) in [6.45, 7) is 4.71. The molecule has 0 spiro atoms. The molecule has 0 aliphatic heterocycles. The van der Waals surface area contributed by atoms with Gasteiger partial charge < -0.3 is 5.32 Å². The number of Topliss-reactive ketones (excluding diaryl/α,β-unsaturated/α-hetero) is 1. The molecule has 1 aliphatic rings. The van der Waals surface area contributed by atoms with Gasteiger partial charge in [-0.15, -0.1) is 0 Å². The first-order chi connectivity index (χ1) is 8.06. The molecule has 1 N–H and O–H groups in total. The van der Waals surface area contributed by atoms with Gasteiger partial charge in [0.1, 0.15) is 5.78 Å². The van der Waals surface area contributed by atoms with E-state index in [2.05, 4.69) is 10.2 Å². The van der Waals surface area contributed by atoms with Gasteiger partial charge in [0, 0.05) is 25.4 Å². The van der Waals surface area contributed by atoms with Gasteiger partial charge >= 0.3 is 0 Å². The number of hydrogen-bond acceptors (Lipinski definition) is 3. The minimum Gasteiger partial charge on any atom is -0.355 e. The Hall–Kier alpha value is -0.900. The van der Waals surface area contributed by atoms with Crippen LogP contribution in [0.4, 0.5) is 0 Å². The van der Waals surface area contributed by atoms with Crippen molar-refractivity contribution in [2.45, 2.75) is 58.0 Å². The number of amides is 1. The average molecular weight is 240 g/mol. The van der Waals surface area contributed by atoms with Crippen molar-refractivity contribution in [3.63, 3.8) is 0 Å². The molecule has 0 heterocycles. The molecule has 0 bridgehead atoms. The molecule has 98 valence electrons. The number of ketones is 1. The van der Waals surface area contributed by atoms with Gasteiger partial charge in [0.2, 0.25) is 5.91 Å². The lowest BCUT2D eigenvalue weighted by Gasteiger charge is -2.34. The molecule has 1 amide bonds. The Morgan fingerprint density at radius 1 is 1.47 bits per heavy atom. The van der Waals surface area contributed by atoms with Crippen molar-refractivity contribution >= 4 is 11.7 Å². The van der Waals surface area contributed by atoms with E-state index in [1.807, 2.05) is 20.9 Å². The Morgan fingerprint density at radius 2 is 2.06 bits per heavy atom. The van der Waals surface area contributed by atoms with Crippen molar-refractivity contribution in [1.29, 1.82) is 0 Å². The average Bonchev–Trinajstić information content (AvgIpc) is 2.35. The van der Waals surface area contributed by atoms with Gasteiger partial charge in [0.25, 0.3) is 0 Å². The molecule has 0 saturated heterocycles. The molecule has 17 heavy (non-hydrogen) atoms. The molecule has 1 saturated carbocycles. The van der Waals surface area contributed by atoms with Crippen LogP contribution in [0, 0.1) is 0 Å². The van der Waals surface area contributed by atoms with E-state index >= 15 is 0 Å². The van der Waals surface area contributed by atoms with E-state index in [9.17, 15) is 9.59 Å². The number of likely N-dealkylation sites (N-methyl/N-ethyl adjacent to an activating group) is 1. The maximum absolute atomic E-state index is 11.8. The molecular weight excluding hydrogens is 216 g/mol. The first kappa shape index (κ1) is 14.2. The Balaban J connectivity index is 2.42. The Bertz CT molecular complexity index is 269. The Labute approximate surface area is 104 Å². The van der Waals surface area contributed by atoms with Crippen molar-refractivity contribution in [2.24, 2.45) is 0 Å². The van der Waals surface area contributed by atoms with E-state index in [-0.39, 0.29) is 11.9 Å². The molecule has 0 aromatic heterocycles. The zero-order chi connectivity index (χ0) is 12.8. The summed E-state index contributed by atoms with van der Waals surface area (Å²) in [5.41, 5.74) is 0. The minimum absolute atomic E-state index is 0.0891. The van der Waals surface area contributed by atoms with Gasteiger partial charge in [-0.2, -0.15) is 0 Å². The monoisotopic (exact) mass is 240 g/mol. The van der Waals surface area contributed by atoms with Gasteiger partial charge in [-0.05, 0) is 33.2 Å². The number of rotatable bonds is 5. The Morgan fingerprint density at radius 3 is 2.59 bits per heavy atom. The lowest BCUT2D eigenvalue weighted by Crippen LogP contribution is -2.48. The maximum atomic E-state index is 11.8. The van der Waals surface area contributed by atoms with Gasteiger partial charge in [0.15, 0.2) is 0 Å². The second-order valence-corrected chi connectivity index (χ2v) is 4.90. The SMILES string of the molecule is CCCNC(=O)C(C)N(C)C1CCC(=O)CC1. The molecule has 1 unspecified atom stereocenters. The van der Waals surface area contributed by atoms with E-state index in [4.69, 9.17) is 0 Å². The molecule has 1 atom stereocenters. The van der Waals surface area contributed by atoms with Gasteiger partial charge in [-0.1, -0.05) is 6.92 Å². The van der Waals surface area contributed by atoms with Crippen molar-refractivity contribution < 1.29 is 9.59 Å². The van der Waals surface area contributed by atoms with Crippen LogP contribution in [0.5, 0.6) is 0 Å². The highest BCUT2D eigenvalue weighted by Crippen LogP contribution is 2.20. The number of carbonyl (C=O) groups is 2. The minimum atomic E-state index is -0.111. The van der Waals surface area contributed by atoms with Crippen LogP contribution >= 0.6 is 0 Å². The van der Waals surface area contributed by atoms with Crippen LogP contribution < -0.4 is 5.32 Å². The standard InChI is InChI=1S/C13H24N2O2/c1-4-9-14-13(17)10(2)15(3)11-5-7-12(16)8-6-11/h10-11H,4-9H2,1-3H3,(H,14,17). The van der Waals surface area contributed by atoms with Gasteiger partial charge in [0.05, 0.1) is 6.04 Å². The molecule has 4 heteroatoms. The fourth-order valence-corrected chi connectivity index (χ4v) is 2.23. The summed E-state index contributed by atoms with van der Waals surface area (Å²) in [4.78, 5) is 25.1. The summed E-state index contributed by atoms with van der Waals surface area (Å²) >= 11 is 0. The van der Waals surface area contributed by atoms with Crippen molar-refractivity contribution in [3.05, 3.63) is 0 Å². The summed E-state index contributed by atoms with van der Waals surface area (Å²) in [5.74, 6) is 0.448. The predicted molar refractivity (Wildman–Crippen MR) is 67.8 cm³/mol. The second kappa shape index (κ2) is 6.74. The summed E-state index contributed by atoms with van der Waals surface area (Å²) < 4.78 is 0. The van der Waals surface area contributed by atoms with Gasteiger partial charge in [-0.25, -0.2) is 0 Å². The quantitative estimate of drug-likeness (QED) is 0.789. The lowest BCUT2D eigenvalue weighted by atomic mass is 9.92. The molecule has 0 aromatic rings. The molecule has 0 radical (unpaired) electrons. The maximum Gasteiger partial charge on any atom is 0.237 e. The smallest absolute Gasteiger partial charge is 0.237 e. The van der Waals surface area contributed by atoms with Crippen LogP contribution in [-0.4, -0.2) is 42.3 Å². The van der Waals surface area contributed by atoms with Crippen molar-refractivity contribution in [1.82, 2.24) is 10.2 Å². The molecule has 1 fully saturated rings. The van der Waals surface area contributed by atoms with Crippen LogP contribution in [0.3, 0.4) is 0 Å². The van der Waals surface area contributed by atoms with Crippen LogP contribution in [0.15, 0.2) is 0 Å². The van der Waals surface area contributed by atoms with E-state index in [1.165, 1.54) is 0 Å². The molecular formula is C13H24N2O2. The van der Waals surface area contributed by atoms with E-state index in [0.717, 1.165) is 25.8 Å². The lowest BCUT2D eigenvalue weighted by molar-refractivity contribution is -0.127. The zero-order valence-corrected chi connectivity index (χ0v) is 11.2. The Kier molecular flexibility index (Phi) is 5.62. The fourth-order valence-electron chi connectivity index (χ4n) is 2.23. The molecule has 4 nitrogen and oxygen atoms in total. The highest BCUT2D eigenvalue weighted by atomic mass is 16.2. The van der Waals surface area contributed by atoms with Crippen LogP contribution in [0.1, 0.15) is 46.0 Å². The fraction of sp³-hybridized carbons (Fsp3) is 0.846. The van der Waals surface area contributed by atoms with Crippen molar-refractivity contribution in [3.8, 4) is 0 Å². The van der Waals surface area contributed by atoms with E-state index in [1.54, 1.807) is 0 Å². The summed E-state index contributed by atoms with van der Waals surface area (Å²) in [6.07, 6.45) is 4.07. The third-order valence-electron chi connectivity index (χ3n) is 3.63. The topological polar surface area (TPSA) is 49.4 Å². The normalized spacial score (nSPS) is 19.4. The van der Waals surface area contributed by atoms with Crippen LogP contribution in [-0.2, 0) is 9.59 Å². The summed E-state index contributed by atoms with van der Waals surface area (Å²) in [6, 6.07) is 0.259. The van der Waals surface area contributed by atoms with Crippen LogP contribution in [0.25, 0.3) is 0 Å². The van der Waals surface area contributed by atoms with E-state index in [0.29, 0.717) is 24.7 Å². The van der Waals surface area contributed by atoms with Crippen molar-refractivity contribution in [2.75, 3.05) is 13.6 Å². The summed E-state index contributed by atoms with van der Waals surface area (Å²) in [5, 5.41) is 2.91. The zero-order valence-electron chi connectivity index (χ0n) is 11.2. The number of carbonyl (C=O) groups excluding carboxylic acids is 2. The molecule has 1 aliphatic carbocycles. The number of nitrogens with zero attached hydrogens (tertiary/aromatic N) is 1. The highest BCUT2D eigenvalue weighted by Gasteiger charge is 2.27. The largest absolute Gasteiger partial charge is 0.355 e. The number of hydrogen-bond donors (Lipinski definition) is 1. The van der Waals surface area contributed by atoms with Crippen LogP contribution in [0.2, 0.25) is 0 Å². The van der Waals surface area contributed by atoms with Gasteiger partial charge in [-0.3, -0.25) is 14.5 Å². The van der Waals surface area contributed by atoms with E-state index < -0.39 is 0 Å². The number of nitrogens with one attached hydrogen (secondary N) is 1. The third-order valence-corrected chi connectivity index (χ3v) is 3.63. The first-order valence-corrected chi connectivity index (χ1v) is 6.57. The first-order valence-electron chi connectivity index (χ1n) is 6.57. The summed E-state index contributed by atoms with van der Waals surface area (Å²) in [7, 11) is 1.98.